The third kappa shape index (κ3) is 2.09. The molecule has 0 spiro atoms. The molecule has 0 fully saturated rings. The zero-order chi connectivity index (χ0) is 15.7. The van der Waals surface area contributed by atoms with E-state index in [2.05, 4.69) is 4.99 Å². The average molecular weight is 288 g/mol. The minimum absolute atomic E-state index is 0.0352. The van der Waals surface area contributed by atoms with Crippen molar-refractivity contribution in [3.05, 3.63) is 70.8 Å². The monoisotopic (exact) mass is 288 g/mol. The molecule has 0 atom stereocenters. The molecular formula is C18H12N2O2. The second-order valence-electron chi connectivity index (χ2n) is 4.96. The number of carbonyl (C=O) groups is 1. The van der Waals surface area contributed by atoms with E-state index in [0.717, 1.165) is 5.56 Å². The smallest absolute Gasteiger partial charge is 0.200 e. The molecule has 3 rings (SSSR count). The normalized spacial score (nSPS) is 14.0. The van der Waals surface area contributed by atoms with Crippen LogP contribution in [0, 0.1) is 18.3 Å². The number of ketones is 1. The number of benzene rings is 2. The molecule has 1 N–H and O–H groups in total. The fourth-order valence-electron chi connectivity index (χ4n) is 2.43. The minimum atomic E-state index is -0.373. The first-order chi connectivity index (χ1) is 10.6. The molecule has 1 aliphatic rings. The number of Topliss-reactive ketones (excluding diaryl/α,β-unsaturated/α-hetero) is 1. The Bertz CT molecular complexity index is 886. The molecule has 2 aromatic carbocycles. The number of aliphatic imine (C=N–C) groups is 1. The van der Waals surface area contributed by atoms with Gasteiger partial charge in [-0.2, -0.15) is 5.26 Å². The summed E-state index contributed by atoms with van der Waals surface area (Å²) in [5.74, 6) is -0.559. The van der Waals surface area contributed by atoms with Gasteiger partial charge in [-0.05, 0) is 18.6 Å². The fourth-order valence-corrected chi connectivity index (χ4v) is 2.43. The highest BCUT2D eigenvalue weighted by Gasteiger charge is 2.32. The summed E-state index contributed by atoms with van der Waals surface area (Å²) in [6, 6.07) is 16.0. The van der Waals surface area contributed by atoms with Gasteiger partial charge in [-0.3, -0.25) is 4.79 Å². The number of carbonyl (C=O) groups excluding carboxylic acids is 1. The molecule has 2 aromatic rings. The van der Waals surface area contributed by atoms with E-state index in [1.807, 2.05) is 25.1 Å². The molecular weight excluding hydrogens is 276 g/mol. The standard InChI is InChI=1S/C18H12N2O2/c1-11-6-2-5-9-14(11)20-15(10-19)16-17(21)12-7-3-4-8-13(12)18(16)22/h2-9,21H,1H3. The Morgan fingerprint density at radius 3 is 2.36 bits per heavy atom. The highest BCUT2D eigenvalue weighted by molar-refractivity contribution is 6.39. The van der Waals surface area contributed by atoms with Gasteiger partial charge in [-0.25, -0.2) is 4.99 Å². The Morgan fingerprint density at radius 2 is 1.73 bits per heavy atom. The number of para-hydroxylation sites is 1. The van der Waals surface area contributed by atoms with Crippen molar-refractivity contribution in [2.24, 2.45) is 4.99 Å². The van der Waals surface area contributed by atoms with Gasteiger partial charge in [0.15, 0.2) is 11.5 Å². The number of nitrogens with zero attached hydrogens (tertiary/aromatic N) is 2. The van der Waals surface area contributed by atoms with E-state index in [1.165, 1.54) is 0 Å². The predicted octanol–water partition coefficient (Wildman–Crippen LogP) is 3.76. The van der Waals surface area contributed by atoms with Crippen LogP contribution in [-0.4, -0.2) is 16.6 Å². The fraction of sp³-hybridized carbons (Fsp3) is 0.0556. The van der Waals surface area contributed by atoms with Crippen molar-refractivity contribution in [1.82, 2.24) is 0 Å². The van der Waals surface area contributed by atoms with Crippen LogP contribution in [0.15, 0.2) is 59.1 Å². The van der Waals surface area contributed by atoms with Crippen LogP contribution in [0.25, 0.3) is 5.76 Å². The number of aliphatic hydroxyl groups is 1. The van der Waals surface area contributed by atoms with Gasteiger partial charge in [0.1, 0.15) is 17.4 Å². The summed E-state index contributed by atoms with van der Waals surface area (Å²) in [6.45, 7) is 1.87. The predicted molar refractivity (Wildman–Crippen MR) is 84.2 cm³/mol. The van der Waals surface area contributed by atoms with Crippen molar-refractivity contribution in [3.63, 3.8) is 0 Å². The van der Waals surface area contributed by atoms with Crippen LogP contribution >= 0.6 is 0 Å². The van der Waals surface area contributed by atoms with Gasteiger partial charge in [0.25, 0.3) is 0 Å². The van der Waals surface area contributed by atoms with Gasteiger partial charge in [0.2, 0.25) is 0 Å². The Morgan fingerprint density at radius 1 is 1.09 bits per heavy atom. The lowest BCUT2D eigenvalue weighted by molar-refractivity contribution is 0.104. The SMILES string of the molecule is Cc1ccccc1N=C(C#N)C1=C(O)c2ccccc2C1=O. The van der Waals surface area contributed by atoms with Gasteiger partial charge >= 0.3 is 0 Å². The van der Waals surface area contributed by atoms with Gasteiger partial charge < -0.3 is 5.11 Å². The Kier molecular flexibility index (Phi) is 3.32. The number of fused-ring (bicyclic) bond motifs is 1. The summed E-state index contributed by atoms with van der Waals surface area (Å²) in [5, 5.41) is 19.7. The van der Waals surface area contributed by atoms with E-state index in [4.69, 9.17) is 0 Å². The first kappa shape index (κ1) is 13.8. The van der Waals surface area contributed by atoms with Crippen LogP contribution in [0.3, 0.4) is 0 Å². The molecule has 0 amide bonds. The zero-order valence-corrected chi connectivity index (χ0v) is 11.9. The quantitative estimate of drug-likeness (QED) is 0.855. The molecule has 0 unspecified atom stereocenters. The molecule has 0 heterocycles. The summed E-state index contributed by atoms with van der Waals surface area (Å²) in [4.78, 5) is 16.7. The third-order valence-electron chi connectivity index (χ3n) is 3.58. The number of hydrogen-bond donors (Lipinski definition) is 1. The molecule has 4 heteroatoms. The topological polar surface area (TPSA) is 73.4 Å². The Balaban J connectivity index is 2.15. The van der Waals surface area contributed by atoms with E-state index in [0.29, 0.717) is 16.8 Å². The second-order valence-corrected chi connectivity index (χ2v) is 4.96. The number of nitriles is 1. The summed E-state index contributed by atoms with van der Waals surface area (Å²) in [6.07, 6.45) is 0. The highest BCUT2D eigenvalue weighted by atomic mass is 16.3. The summed E-state index contributed by atoms with van der Waals surface area (Å²) in [5.41, 5.74) is 2.21. The number of aryl methyl sites for hydroxylation is 1. The van der Waals surface area contributed by atoms with Gasteiger partial charge in [-0.15, -0.1) is 0 Å². The van der Waals surface area contributed by atoms with Gasteiger partial charge in [-0.1, -0.05) is 42.5 Å². The Hall–Kier alpha value is -3.19. The molecule has 106 valence electrons. The maximum absolute atomic E-state index is 12.4. The van der Waals surface area contributed by atoms with E-state index in [9.17, 15) is 15.2 Å². The van der Waals surface area contributed by atoms with Crippen LogP contribution in [0.4, 0.5) is 5.69 Å². The summed E-state index contributed by atoms with van der Waals surface area (Å²) >= 11 is 0. The molecule has 0 radical (unpaired) electrons. The maximum Gasteiger partial charge on any atom is 0.200 e. The van der Waals surface area contributed by atoms with Crippen molar-refractivity contribution in [1.29, 1.82) is 5.26 Å². The zero-order valence-electron chi connectivity index (χ0n) is 11.9. The van der Waals surface area contributed by atoms with Crippen molar-refractivity contribution in [2.75, 3.05) is 0 Å². The van der Waals surface area contributed by atoms with Crippen molar-refractivity contribution >= 4 is 22.9 Å². The van der Waals surface area contributed by atoms with Crippen LogP contribution in [0.1, 0.15) is 21.5 Å². The lowest BCUT2D eigenvalue weighted by Gasteiger charge is -2.02. The molecule has 0 aliphatic heterocycles. The van der Waals surface area contributed by atoms with Gasteiger partial charge in [0, 0.05) is 11.1 Å². The van der Waals surface area contributed by atoms with Crippen molar-refractivity contribution in [2.45, 2.75) is 6.92 Å². The lowest BCUT2D eigenvalue weighted by Crippen LogP contribution is -2.09. The maximum atomic E-state index is 12.4. The molecule has 0 saturated carbocycles. The largest absolute Gasteiger partial charge is 0.506 e. The highest BCUT2D eigenvalue weighted by Crippen LogP contribution is 2.32. The molecule has 0 aromatic heterocycles. The lowest BCUT2D eigenvalue weighted by atomic mass is 10.1. The number of rotatable bonds is 2. The second kappa shape index (κ2) is 5.30. The van der Waals surface area contributed by atoms with Crippen LogP contribution in [0.5, 0.6) is 0 Å². The first-order valence-corrected chi connectivity index (χ1v) is 6.75. The van der Waals surface area contributed by atoms with Crippen molar-refractivity contribution < 1.29 is 9.90 Å². The molecule has 1 aliphatic carbocycles. The minimum Gasteiger partial charge on any atom is -0.506 e. The average Bonchev–Trinajstić information content (AvgIpc) is 2.79. The van der Waals surface area contributed by atoms with Crippen molar-refractivity contribution in [3.8, 4) is 6.07 Å². The van der Waals surface area contributed by atoms with E-state index < -0.39 is 0 Å². The number of hydrogen-bond acceptors (Lipinski definition) is 4. The van der Waals surface area contributed by atoms with Crippen LogP contribution in [0.2, 0.25) is 0 Å². The third-order valence-corrected chi connectivity index (χ3v) is 3.58. The molecule has 4 nitrogen and oxygen atoms in total. The van der Waals surface area contributed by atoms with E-state index in [-0.39, 0.29) is 22.8 Å². The summed E-state index contributed by atoms with van der Waals surface area (Å²) in [7, 11) is 0. The van der Waals surface area contributed by atoms with Gasteiger partial charge in [0.05, 0.1) is 5.69 Å². The summed E-state index contributed by atoms with van der Waals surface area (Å²) < 4.78 is 0. The first-order valence-electron chi connectivity index (χ1n) is 6.75. The van der Waals surface area contributed by atoms with Crippen LogP contribution < -0.4 is 0 Å². The Labute approximate surface area is 127 Å². The number of aliphatic hydroxyl groups excluding tert-OH is 1. The van der Waals surface area contributed by atoms with Crippen LogP contribution in [-0.2, 0) is 0 Å². The molecule has 0 bridgehead atoms. The molecule has 0 saturated heterocycles. The molecule has 22 heavy (non-hydrogen) atoms. The van der Waals surface area contributed by atoms with E-state index in [1.54, 1.807) is 36.4 Å². The number of allylic oxidation sites excluding steroid dienone is 1. The van der Waals surface area contributed by atoms with E-state index >= 15 is 0 Å².